The minimum atomic E-state index is -4.36. The number of halogens is 3. The lowest BCUT2D eigenvalue weighted by molar-refractivity contribution is -0.140. The molecule has 0 aliphatic rings. The minimum Gasteiger partial charge on any atom is -0.492 e. The van der Waals surface area contributed by atoms with Crippen molar-refractivity contribution in [1.82, 2.24) is 10.2 Å². The van der Waals surface area contributed by atoms with Crippen molar-refractivity contribution in [2.45, 2.75) is 50.7 Å². The van der Waals surface area contributed by atoms with E-state index in [-0.39, 0.29) is 41.9 Å². The van der Waals surface area contributed by atoms with E-state index >= 15 is 0 Å². The van der Waals surface area contributed by atoms with Gasteiger partial charge in [-0.1, -0.05) is 83.3 Å². The van der Waals surface area contributed by atoms with Crippen LogP contribution in [0.5, 0.6) is 5.75 Å². The van der Waals surface area contributed by atoms with Crippen molar-refractivity contribution in [3.63, 3.8) is 0 Å². The molecule has 0 radical (unpaired) electrons. The summed E-state index contributed by atoms with van der Waals surface area (Å²) in [6, 6.07) is 25.1. The zero-order valence-electron chi connectivity index (χ0n) is 26.2. The summed E-state index contributed by atoms with van der Waals surface area (Å²) in [5.74, 6) is -0.814. The quantitative estimate of drug-likeness (QED) is 0.147. The lowest BCUT2D eigenvalue weighted by atomic mass is 10.0. The molecule has 0 fully saturated rings. The summed E-state index contributed by atoms with van der Waals surface area (Å²) >= 11 is 19.2. The van der Waals surface area contributed by atoms with Crippen molar-refractivity contribution < 1.29 is 22.7 Å². The van der Waals surface area contributed by atoms with Crippen molar-refractivity contribution in [3.8, 4) is 5.75 Å². The molecule has 2 amide bonds. The van der Waals surface area contributed by atoms with Gasteiger partial charge < -0.3 is 15.0 Å². The molecule has 248 valence electrons. The topological polar surface area (TPSA) is 96.0 Å². The third-order valence-corrected chi connectivity index (χ3v) is 9.94. The zero-order valence-corrected chi connectivity index (χ0v) is 29.3. The molecule has 4 aromatic carbocycles. The molecule has 0 aliphatic carbocycles. The van der Waals surface area contributed by atoms with Crippen LogP contribution < -0.4 is 14.4 Å². The Morgan fingerprint density at radius 3 is 2.06 bits per heavy atom. The Morgan fingerprint density at radius 2 is 1.45 bits per heavy atom. The standard InChI is InChI=1S/C35H36Cl3N3O5S/c1-4-46-33-16-9-8-15-31(33)41(47(44,45)27-19-17-26(36)18-20-27)23-34(42)40(22-28-29(37)13-10-14-30(28)38)32(35(43)39-24(2)3)21-25-11-6-5-7-12-25/h5-20,24,32H,4,21-23H2,1-3H3,(H,39,43). The monoisotopic (exact) mass is 715 g/mol. The average molecular weight is 717 g/mol. The second kappa shape index (κ2) is 16.4. The van der Waals surface area contributed by atoms with E-state index in [2.05, 4.69) is 5.32 Å². The van der Waals surface area contributed by atoms with Crippen LogP contribution in [0.4, 0.5) is 5.69 Å². The number of nitrogens with one attached hydrogen (secondary N) is 1. The maximum atomic E-state index is 14.7. The summed E-state index contributed by atoms with van der Waals surface area (Å²) in [6.45, 7) is 4.83. The smallest absolute Gasteiger partial charge is 0.264 e. The lowest BCUT2D eigenvalue weighted by Crippen LogP contribution is -2.54. The largest absolute Gasteiger partial charge is 0.492 e. The number of anilines is 1. The average Bonchev–Trinajstić information content (AvgIpc) is 3.03. The summed E-state index contributed by atoms with van der Waals surface area (Å²) in [7, 11) is -4.36. The van der Waals surface area contributed by atoms with Crippen LogP contribution in [0.2, 0.25) is 15.1 Å². The van der Waals surface area contributed by atoms with Crippen LogP contribution in [0.25, 0.3) is 0 Å². The van der Waals surface area contributed by atoms with Crippen LogP contribution in [0.3, 0.4) is 0 Å². The first kappa shape index (κ1) is 36.1. The molecule has 8 nitrogen and oxygen atoms in total. The van der Waals surface area contributed by atoms with Crippen LogP contribution in [-0.4, -0.2) is 50.4 Å². The van der Waals surface area contributed by atoms with Gasteiger partial charge in [0.05, 0.1) is 17.2 Å². The van der Waals surface area contributed by atoms with Gasteiger partial charge in [0.25, 0.3) is 10.0 Å². The van der Waals surface area contributed by atoms with Gasteiger partial charge in [-0.15, -0.1) is 0 Å². The predicted molar refractivity (Wildman–Crippen MR) is 188 cm³/mol. The second-order valence-electron chi connectivity index (χ2n) is 11.0. The van der Waals surface area contributed by atoms with Gasteiger partial charge in [-0.3, -0.25) is 13.9 Å². The number of para-hydroxylation sites is 2. The van der Waals surface area contributed by atoms with E-state index in [0.717, 1.165) is 9.87 Å². The molecule has 0 spiro atoms. The van der Waals surface area contributed by atoms with Crippen LogP contribution >= 0.6 is 34.8 Å². The van der Waals surface area contributed by atoms with Gasteiger partial charge in [-0.2, -0.15) is 0 Å². The van der Waals surface area contributed by atoms with Crippen molar-refractivity contribution >= 4 is 62.3 Å². The molecule has 1 N–H and O–H groups in total. The Morgan fingerprint density at radius 1 is 0.830 bits per heavy atom. The second-order valence-corrected chi connectivity index (χ2v) is 14.1. The Hall–Kier alpha value is -3.76. The number of rotatable bonds is 14. The van der Waals surface area contributed by atoms with Gasteiger partial charge in [0.2, 0.25) is 11.8 Å². The number of benzene rings is 4. The number of carbonyl (C=O) groups excluding carboxylic acids is 2. The van der Waals surface area contributed by atoms with E-state index in [1.54, 1.807) is 49.4 Å². The first-order valence-electron chi connectivity index (χ1n) is 15.0. The molecule has 0 heterocycles. The van der Waals surface area contributed by atoms with Crippen molar-refractivity contribution in [1.29, 1.82) is 0 Å². The van der Waals surface area contributed by atoms with E-state index in [1.165, 1.54) is 29.2 Å². The maximum absolute atomic E-state index is 14.7. The summed E-state index contributed by atoms with van der Waals surface area (Å²) in [5.41, 5.74) is 1.37. The van der Waals surface area contributed by atoms with Crippen molar-refractivity contribution in [3.05, 3.63) is 123 Å². The van der Waals surface area contributed by atoms with Gasteiger partial charge in [0.15, 0.2) is 0 Å². The zero-order chi connectivity index (χ0) is 34.1. The fourth-order valence-electron chi connectivity index (χ4n) is 4.98. The molecule has 12 heteroatoms. The Balaban J connectivity index is 1.87. The van der Waals surface area contributed by atoms with E-state index in [4.69, 9.17) is 39.5 Å². The first-order valence-corrected chi connectivity index (χ1v) is 17.6. The number of hydrogen-bond acceptors (Lipinski definition) is 5. The van der Waals surface area contributed by atoms with E-state index < -0.39 is 34.4 Å². The highest BCUT2D eigenvalue weighted by Crippen LogP contribution is 2.34. The summed E-state index contributed by atoms with van der Waals surface area (Å²) < 4.78 is 35.4. The normalized spacial score (nSPS) is 12.0. The molecule has 0 aliphatic heterocycles. The van der Waals surface area contributed by atoms with Crippen molar-refractivity contribution in [2.75, 3.05) is 17.5 Å². The molecule has 47 heavy (non-hydrogen) atoms. The highest BCUT2D eigenvalue weighted by Gasteiger charge is 2.36. The highest BCUT2D eigenvalue weighted by molar-refractivity contribution is 7.92. The molecule has 4 rings (SSSR count). The molecule has 0 saturated heterocycles. The summed E-state index contributed by atoms with van der Waals surface area (Å²) in [6.07, 6.45) is 0.146. The van der Waals surface area contributed by atoms with Gasteiger partial charge in [0, 0.05) is 39.6 Å². The molecular weight excluding hydrogens is 681 g/mol. The number of hydrogen-bond donors (Lipinski definition) is 1. The number of amides is 2. The number of ether oxygens (including phenoxy) is 1. The predicted octanol–water partition coefficient (Wildman–Crippen LogP) is 7.41. The van der Waals surface area contributed by atoms with Crippen LogP contribution in [0.1, 0.15) is 31.9 Å². The number of sulfonamides is 1. The third-order valence-electron chi connectivity index (χ3n) is 7.21. The van der Waals surface area contributed by atoms with E-state index in [0.29, 0.717) is 20.6 Å². The fourth-order valence-corrected chi connectivity index (χ4v) is 7.04. The maximum Gasteiger partial charge on any atom is 0.264 e. The Bertz CT molecular complexity index is 1770. The van der Waals surface area contributed by atoms with E-state index in [9.17, 15) is 18.0 Å². The van der Waals surface area contributed by atoms with Gasteiger partial charge in [0.1, 0.15) is 18.3 Å². The highest BCUT2D eigenvalue weighted by atomic mass is 35.5. The molecule has 0 saturated carbocycles. The van der Waals surface area contributed by atoms with Gasteiger partial charge >= 0.3 is 0 Å². The third kappa shape index (κ3) is 9.20. The molecule has 0 aromatic heterocycles. The van der Waals surface area contributed by atoms with Crippen LogP contribution in [-0.2, 0) is 32.6 Å². The fraction of sp³-hybridized carbons (Fsp3) is 0.257. The molecule has 4 aromatic rings. The molecule has 1 atom stereocenters. The minimum absolute atomic E-state index is 0.0833. The molecular formula is C35H36Cl3N3O5S. The lowest BCUT2D eigenvalue weighted by Gasteiger charge is -2.34. The van der Waals surface area contributed by atoms with Gasteiger partial charge in [-0.05, 0) is 74.9 Å². The Labute approximate surface area is 291 Å². The van der Waals surface area contributed by atoms with Crippen LogP contribution in [0, 0.1) is 0 Å². The van der Waals surface area contributed by atoms with Crippen molar-refractivity contribution in [2.24, 2.45) is 0 Å². The SMILES string of the molecule is CCOc1ccccc1N(CC(=O)N(Cc1c(Cl)cccc1Cl)C(Cc1ccccc1)C(=O)NC(C)C)S(=O)(=O)c1ccc(Cl)cc1. The molecule has 1 unspecified atom stereocenters. The number of nitrogens with zero attached hydrogens (tertiary/aromatic N) is 2. The van der Waals surface area contributed by atoms with E-state index in [1.807, 2.05) is 44.2 Å². The summed E-state index contributed by atoms with van der Waals surface area (Å²) in [4.78, 5) is 29.8. The molecule has 0 bridgehead atoms. The van der Waals surface area contributed by atoms with Gasteiger partial charge in [-0.25, -0.2) is 8.42 Å². The first-order chi connectivity index (χ1) is 22.4. The van der Waals surface area contributed by atoms with Crippen LogP contribution in [0.15, 0.2) is 102 Å². The summed E-state index contributed by atoms with van der Waals surface area (Å²) in [5, 5.41) is 3.87. The number of carbonyl (C=O) groups is 2. The Kier molecular flexibility index (Phi) is 12.6.